The van der Waals surface area contributed by atoms with Crippen LogP contribution in [0.1, 0.15) is 51.4 Å². The second-order valence-corrected chi connectivity index (χ2v) is 7.56. The number of hydrogen-bond acceptors (Lipinski definition) is 2. The second-order valence-electron chi connectivity index (χ2n) is 7.56. The lowest BCUT2D eigenvalue weighted by atomic mass is 9.49. The highest BCUT2D eigenvalue weighted by atomic mass is 35.5. The van der Waals surface area contributed by atoms with Gasteiger partial charge in [-0.25, -0.2) is 0 Å². The second kappa shape index (κ2) is 6.23. The van der Waals surface area contributed by atoms with E-state index in [2.05, 4.69) is 0 Å². The molecule has 4 aliphatic rings. The van der Waals surface area contributed by atoms with Crippen molar-refractivity contribution >= 4 is 18.3 Å². The molecule has 0 aromatic rings. The zero-order chi connectivity index (χ0) is 13.5. The van der Waals surface area contributed by atoms with Gasteiger partial charge in [0, 0.05) is 20.0 Å². The summed E-state index contributed by atoms with van der Waals surface area (Å²) in [6, 6.07) is 0. The summed E-state index contributed by atoms with van der Waals surface area (Å²) in [5, 5.41) is 0. The molecular formula is C16H29ClN2O. The van der Waals surface area contributed by atoms with E-state index in [0.29, 0.717) is 24.3 Å². The van der Waals surface area contributed by atoms with E-state index in [1.54, 1.807) is 0 Å². The Bertz CT molecular complexity index is 323. The summed E-state index contributed by atoms with van der Waals surface area (Å²) >= 11 is 0. The third-order valence-corrected chi connectivity index (χ3v) is 5.76. The molecule has 3 nitrogen and oxygen atoms in total. The largest absolute Gasteiger partial charge is 0.345 e. The molecule has 0 aromatic heterocycles. The Morgan fingerprint density at radius 3 is 2.10 bits per heavy atom. The third kappa shape index (κ3) is 3.14. The Labute approximate surface area is 129 Å². The molecule has 4 heteroatoms. The topological polar surface area (TPSA) is 46.3 Å². The van der Waals surface area contributed by atoms with Crippen molar-refractivity contribution in [1.29, 1.82) is 0 Å². The van der Waals surface area contributed by atoms with E-state index in [9.17, 15) is 4.79 Å². The van der Waals surface area contributed by atoms with Gasteiger partial charge in [0.1, 0.15) is 0 Å². The molecule has 4 bridgehead atoms. The van der Waals surface area contributed by atoms with E-state index in [-0.39, 0.29) is 12.4 Å². The fraction of sp³-hybridized carbons (Fsp3) is 0.938. The molecule has 116 valence electrons. The van der Waals surface area contributed by atoms with Gasteiger partial charge in [-0.1, -0.05) is 0 Å². The minimum atomic E-state index is 0. The van der Waals surface area contributed by atoms with Crippen molar-refractivity contribution in [2.75, 3.05) is 20.1 Å². The highest BCUT2D eigenvalue weighted by molar-refractivity contribution is 5.85. The predicted molar refractivity (Wildman–Crippen MR) is 83.8 cm³/mol. The van der Waals surface area contributed by atoms with Crippen LogP contribution in [0.5, 0.6) is 0 Å². The van der Waals surface area contributed by atoms with Crippen LogP contribution >= 0.6 is 12.4 Å². The first kappa shape index (κ1) is 16.1. The molecule has 4 aliphatic carbocycles. The maximum Gasteiger partial charge on any atom is 0.222 e. The van der Waals surface area contributed by atoms with Gasteiger partial charge in [-0.2, -0.15) is 0 Å². The van der Waals surface area contributed by atoms with Gasteiger partial charge in [-0.3, -0.25) is 4.79 Å². The van der Waals surface area contributed by atoms with Gasteiger partial charge in [0.05, 0.1) is 0 Å². The van der Waals surface area contributed by atoms with Crippen molar-refractivity contribution < 1.29 is 4.79 Å². The lowest BCUT2D eigenvalue weighted by Gasteiger charge is -2.57. The molecule has 0 aliphatic heterocycles. The predicted octanol–water partition coefficient (Wildman–Crippen LogP) is 2.82. The van der Waals surface area contributed by atoms with Crippen LogP contribution < -0.4 is 5.73 Å². The molecule has 1 amide bonds. The Morgan fingerprint density at radius 1 is 1.15 bits per heavy atom. The van der Waals surface area contributed by atoms with Crippen molar-refractivity contribution in [3.8, 4) is 0 Å². The van der Waals surface area contributed by atoms with Gasteiger partial charge in [0.25, 0.3) is 0 Å². The molecule has 0 unspecified atom stereocenters. The zero-order valence-electron chi connectivity index (χ0n) is 12.6. The molecule has 0 spiro atoms. The van der Waals surface area contributed by atoms with Gasteiger partial charge in [0.2, 0.25) is 5.91 Å². The number of carbonyl (C=O) groups is 1. The molecular weight excluding hydrogens is 272 g/mol. The first-order valence-corrected chi connectivity index (χ1v) is 8.04. The Morgan fingerprint density at radius 2 is 1.65 bits per heavy atom. The Hall–Kier alpha value is -0.280. The summed E-state index contributed by atoms with van der Waals surface area (Å²) in [4.78, 5) is 14.1. The highest BCUT2D eigenvalue weighted by Crippen LogP contribution is 2.60. The van der Waals surface area contributed by atoms with Crippen LogP contribution in [-0.4, -0.2) is 30.9 Å². The van der Waals surface area contributed by atoms with Crippen LogP contribution in [0.4, 0.5) is 0 Å². The summed E-state index contributed by atoms with van der Waals surface area (Å²) in [6.45, 7) is 1.62. The van der Waals surface area contributed by atoms with Gasteiger partial charge < -0.3 is 10.6 Å². The number of carbonyl (C=O) groups excluding carboxylic acids is 1. The third-order valence-electron chi connectivity index (χ3n) is 5.76. The molecule has 0 radical (unpaired) electrons. The summed E-state index contributed by atoms with van der Waals surface area (Å²) in [6.07, 6.45) is 10.0. The smallest absolute Gasteiger partial charge is 0.222 e. The summed E-state index contributed by atoms with van der Waals surface area (Å²) in [5.74, 6) is 3.21. The first-order chi connectivity index (χ1) is 9.10. The maximum atomic E-state index is 12.1. The van der Waals surface area contributed by atoms with Crippen LogP contribution in [0, 0.1) is 23.2 Å². The average Bonchev–Trinajstić information content (AvgIpc) is 2.33. The molecule has 2 N–H and O–H groups in total. The van der Waals surface area contributed by atoms with Gasteiger partial charge in [-0.05, 0) is 74.7 Å². The lowest BCUT2D eigenvalue weighted by molar-refractivity contribution is -0.135. The number of rotatable bonds is 5. The van der Waals surface area contributed by atoms with E-state index >= 15 is 0 Å². The monoisotopic (exact) mass is 300 g/mol. The van der Waals surface area contributed by atoms with E-state index in [1.165, 1.54) is 38.5 Å². The van der Waals surface area contributed by atoms with E-state index in [1.807, 2.05) is 11.9 Å². The minimum absolute atomic E-state index is 0. The molecule has 0 aromatic carbocycles. The van der Waals surface area contributed by atoms with E-state index in [0.717, 1.165) is 30.7 Å². The number of hydrogen-bond donors (Lipinski definition) is 1. The molecule has 0 saturated heterocycles. The van der Waals surface area contributed by atoms with E-state index in [4.69, 9.17) is 5.73 Å². The number of halogens is 1. The first-order valence-electron chi connectivity index (χ1n) is 8.04. The van der Waals surface area contributed by atoms with Gasteiger partial charge >= 0.3 is 0 Å². The van der Waals surface area contributed by atoms with Crippen molar-refractivity contribution in [1.82, 2.24) is 4.90 Å². The Kier molecular flexibility index (Phi) is 5.01. The van der Waals surface area contributed by atoms with Crippen LogP contribution in [0.15, 0.2) is 0 Å². The zero-order valence-corrected chi connectivity index (χ0v) is 13.5. The highest BCUT2D eigenvalue weighted by Gasteiger charge is 2.51. The molecule has 4 rings (SSSR count). The minimum Gasteiger partial charge on any atom is -0.345 e. The number of amides is 1. The number of nitrogens with two attached hydrogens (primary N) is 1. The van der Waals surface area contributed by atoms with Crippen LogP contribution in [0.25, 0.3) is 0 Å². The van der Waals surface area contributed by atoms with Crippen molar-refractivity contribution in [2.45, 2.75) is 51.4 Å². The Balaban J connectivity index is 0.00000147. The normalized spacial score (nSPS) is 37.6. The van der Waals surface area contributed by atoms with Crippen molar-refractivity contribution in [3.63, 3.8) is 0 Å². The van der Waals surface area contributed by atoms with Gasteiger partial charge in [-0.15, -0.1) is 12.4 Å². The molecule has 4 fully saturated rings. The fourth-order valence-electron chi connectivity index (χ4n) is 5.52. The van der Waals surface area contributed by atoms with Crippen molar-refractivity contribution in [2.24, 2.45) is 28.9 Å². The lowest BCUT2D eigenvalue weighted by Crippen LogP contribution is -2.51. The van der Waals surface area contributed by atoms with Crippen molar-refractivity contribution in [3.05, 3.63) is 0 Å². The van der Waals surface area contributed by atoms with Crippen LogP contribution in [0.3, 0.4) is 0 Å². The molecule has 20 heavy (non-hydrogen) atoms. The number of nitrogens with zero attached hydrogens (tertiary/aromatic N) is 1. The molecule has 4 saturated carbocycles. The quantitative estimate of drug-likeness (QED) is 0.848. The molecule has 0 heterocycles. The van der Waals surface area contributed by atoms with Crippen LogP contribution in [0.2, 0.25) is 0 Å². The molecule has 0 atom stereocenters. The average molecular weight is 301 g/mol. The maximum absolute atomic E-state index is 12.1. The summed E-state index contributed by atoms with van der Waals surface area (Å²) in [5.41, 5.74) is 5.97. The van der Waals surface area contributed by atoms with Gasteiger partial charge in [0.15, 0.2) is 0 Å². The summed E-state index contributed by atoms with van der Waals surface area (Å²) < 4.78 is 0. The van der Waals surface area contributed by atoms with Crippen LogP contribution in [-0.2, 0) is 4.79 Å². The standard InChI is InChI=1S/C16H28N2O.ClH/c1-18(15(19)3-2-4-17)11-16-8-12-5-13(9-16)7-14(6-12)10-16;/h12-14H,2-11,17H2,1H3;1H. The summed E-state index contributed by atoms with van der Waals surface area (Å²) in [7, 11) is 2.00. The van der Waals surface area contributed by atoms with E-state index < -0.39 is 0 Å². The SMILES string of the molecule is CN(CC12CC3CC(CC(C3)C1)C2)C(=O)CCCN.Cl. The fourth-order valence-corrected chi connectivity index (χ4v) is 5.52.